The Morgan fingerprint density at radius 1 is 1.06 bits per heavy atom. The number of methoxy groups -OCH3 is 1. The maximum Gasteiger partial charge on any atom is 0.191 e. The normalized spacial score (nSPS) is 15.5. The van der Waals surface area contributed by atoms with Gasteiger partial charge >= 0.3 is 0 Å². The van der Waals surface area contributed by atoms with Crippen molar-refractivity contribution in [3.05, 3.63) is 65.2 Å². The highest BCUT2D eigenvalue weighted by Gasteiger charge is 2.11. The summed E-state index contributed by atoms with van der Waals surface area (Å²) < 4.78 is 5.24. The lowest BCUT2D eigenvalue weighted by molar-refractivity contribution is 0.180. The molecular weight excluding hydrogens is 515 g/mol. The largest absolute Gasteiger partial charge is 0.497 e. The Bertz CT molecular complexity index is 823. The summed E-state index contributed by atoms with van der Waals surface area (Å²) >= 11 is 0. The molecule has 1 fully saturated rings. The topological polar surface area (TPSA) is 69.1 Å². The average molecular weight is 553 g/mol. The number of aliphatic hydroxyl groups is 1. The van der Waals surface area contributed by atoms with Gasteiger partial charge in [-0.1, -0.05) is 42.8 Å². The molecule has 1 aliphatic heterocycles. The van der Waals surface area contributed by atoms with Crippen LogP contribution in [0.2, 0.25) is 0 Å². The Balaban J connectivity index is 0.00000363. The number of aliphatic imine (C=N–C) groups is 1. The van der Waals surface area contributed by atoms with E-state index < -0.39 is 6.10 Å². The van der Waals surface area contributed by atoms with Crippen LogP contribution in [-0.4, -0.2) is 49.3 Å². The van der Waals surface area contributed by atoms with Crippen molar-refractivity contribution >= 4 is 29.9 Å². The van der Waals surface area contributed by atoms with E-state index in [1.165, 1.54) is 43.5 Å². The van der Waals surface area contributed by atoms with Crippen molar-refractivity contribution < 1.29 is 9.84 Å². The molecule has 1 aliphatic rings. The molecule has 3 N–H and O–H groups in total. The minimum absolute atomic E-state index is 0. The summed E-state index contributed by atoms with van der Waals surface area (Å²) in [5.74, 6) is 1.43. The number of piperidine rings is 1. The van der Waals surface area contributed by atoms with Gasteiger partial charge in [-0.05, 0) is 61.7 Å². The second-order valence-electron chi connectivity index (χ2n) is 8.02. The summed E-state index contributed by atoms with van der Waals surface area (Å²) in [4.78, 5) is 7.22. The van der Waals surface area contributed by atoms with Gasteiger partial charge in [0, 0.05) is 19.6 Å². The van der Waals surface area contributed by atoms with Crippen molar-refractivity contribution in [2.45, 2.75) is 45.4 Å². The van der Waals surface area contributed by atoms with Gasteiger partial charge in [0.2, 0.25) is 0 Å². The summed E-state index contributed by atoms with van der Waals surface area (Å²) in [6.45, 7) is 7.22. The SMILES string of the molecule is CCNC(=NCc1ccc(CN2CCCCC2)cc1)NCC(O)c1cccc(OC)c1.I. The molecule has 0 saturated carbocycles. The predicted molar refractivity (Wildman–Crippen MR) is 142 cm³/mol. The van der Waals surface area contributed by atoms with Crippen LogP contribution in [-0.2, 0) is 13.1 Å². The number of nitrogens with zero attached hydrogens (tertiary/aromatic N) is 2. The predicted octanol–water partition coefficient (Wildman–Crippen LogP) is 4.09. The first-order valence-corrected chi connectivity index (χ1v) is 11.3. The van der Waals surface area contributed by atoms with Crippen molar-refractivity contribution in [1.82, 2.24) is 15.5 Å². The zero-order valence-corrected chi connectivity index (χ0v) is 21.5. The van der Waals surface area contributed by atoms with Gasteiger partial charge in [0.05, 0.1) is 19.8 Å². The Hall–Kier alpha value is -1.84. The van der Waals surface area contributed by atoms with E-state index in [1.807, 2.05) is 31.2 Å². The van der Waals surface area contributed by atoms with Crippen molar-refractivity contribution in [1.29, 1.82) is 0 Å². The molecule has 1 heterocycles. The van der Waals surface area contributed by atoms with Crippen LogP contribution in [0.4, 0.5) is 0 Å². The number of benzene rings is 2. The minimum Gasteiger partial charge on any atom is -0.497 e. The summed E-state index contributed by atoms with van der Waals surface area (Å²) in [7, 11) is 1.62. The van der Waals surface area contributed by atoms with Crippen LogP contribution in [0.5, 0.6) is 5.75 Å². The monoisotopic (exact) mass is 552 g/mol. The van der Waals surface area contributed by atoms with E-state index in [1.54, 1.807) is 7.11 Å². The lowest BCUT2D eigenvalue weighted by Gasteiger charge is -2.26. The molecule has 32 heavy (non-hydrogen) atoms. The summed E-state index contributed by atoms with van der Waals surface area (Å²) in [5, 5.41) is 17.0. The molecule has 0 aliphatic carbocycles. The standard InChI is InChI=1S/C25H36N4O2.HI/c1-3-26-25(28-18-24(30)22-8-7-9-23(16-22)31-2)27-17-20-10-12-21(13-11-20)19-29-14-5-4-6-15-29;/h7-13,16,24,30H,3-6,14-15,17-19H2,1-2H3,(H2,26,27,28);1H. The second-order valence-corrected chi connectivity index (χ2v) is 8.02. The molecule has 3 rings (SSSR count). The number of halogens is 1. The lowest BCUT2D eigenvalue weighted by Crippen LogP contribution is -2.39. The van der Waals surface area contributed by atoms with E-state index in [2.05, 4.69) is 44.8 Å². The van der Waals surface area contributed by atoms with Crippen molar-refractivity contribution in [3.8, 4) is 5.75 Å². The molecular formula is C25H37IN4O2. The van der Waals surface area contributed by atoms with E-state index in [0.29, 0.717) is 19.0 Å². The van der Waals surface area contributed by atoms with E-state index in [4.69, 9.17) is 4.74 Å². The third-order valence-corrected chi connectivity index (χ3v) is 5.58. The fourth-order valence-electron chi connectivity index (χ4n) is 3.80. The fraction of sp³-hybridized carbons (Fsp3) is 0.480. The van der Waals surface area contributed by atoms with Crippen LogP contribution in [0.1, 0.15) is 49.0 Å². The maximum atomic E-state index is 10.5. The van der Waals surface area contributed by atoms with E-state index in [9.17, 15) is 5.11 Å². The molecule has 1 atom stereocenters. The van der Waals surface area contributed by atoms with Crippen LogP contribution < -0.4 is 15.4 Å². The molecule has 0 bridgehead atoms. The van der Waals surface area contributed by atoms with Crippen molar-refractivity contribution in [2.75, 3.05) is 33.3 Å². The number of hydrogen-bond acceptors (Lipinski definition) is 4. The van der Waals surface area contributed by atoms with E-state index >= 15 is 0 Å². The molecule has 1 unspecified atom stereocenters. The molecule has 2 aromatic carbocycles. The van der Waals surface area contributed by atoms with Gasteiger partial charge < -0.3 is 20.5 Å². The second kappa shape index (κ2) is 14.3. The first-order valence-electron chi connectivity index (χ1n) is 11.3. The van der Waals surface area contributed by atoms with Crippen molar-refractivity contribution in [3.63, 3.8) is 0 Å². The Morgan fingerprint density at radius 3 is 2.47 bits per heavy atom. The zero-order chi connectivity index (χ0) is 21.9. The quantitative estimate of drug-likeness (QED) is 0.249. The Kier molecular flexibility index (Phi) is 11.8. The summed E-state index contributed by atoms with van der Waals surface area (Å²) in [5.41, 5.74) is 3.35. The summed E-state index contributed by atoms with van der Waals surface area (Å²) in [6, 6.07) is 16.2. The molecule has 0 radical (unpaired) electrons. The number of ether oxygens (including phenoxy) is 1. The molecule has 6 nitrogen and oxygen atoms in total. The number of aliphatic hydroxyl groups excluding tert-OH is 1. The third kappa shape index (κ3) is 8.60. The van der Waals surface area contributed by atoms with E-state index in [-0.39, 0.29) is 24.0 Å². The highest BCUT2D eigenvalue weighted by Crippen LogP contribution is 2.18. The summed E-state index contributed by atoms with van der Waals surface area (Å²) in [6.07, 6.45) is 3.36. The minimum atomic E-state index is -0.645. The first kappa shape index (κ1) is 26.4. The van der Waals surface area contributed by atoms with Gasteiger partial charge in [0.15, 0.2) is 5.96 Å². The Labute approximate surface area is 209 Å². The molecule has 0 spiro atoms. The van der Waals surface area contributed by atoms with Crippen LogP contribution >= 0.6 is 24.0 Å². The van der Waals surface area contributed by atoms with E-state index in [0.717, 1.165) is 24.4 Å². The highest BCUT2D eigenvalue weighted by atomic mass is 127. The number of rotatable bonds is 9. The first-order chi connectivity index (χ1) is 15.2. The smallest absolute Gasteiger partial charge is 0.191 e. The molecule has 2 aromatic rings. The number of hydrogen-bond donors (Lipinski definition) is 3. The van der Waals surface area contributed by atoms with Crippen LogP contribution in [0.25, 0.3) is 0 Å². The molecule has 0 aromatic heterocycles. The number of nitrogens with one attached hydrogen (secondary N) is 2. The van der Waals surface area contributed by atoms with Crippen molar-refractivity contribution in [2.24, 2.45) is 4.99 Å². The zero-order valence-electron chi connectivity index (χ0n) is 19.2. The number of guanidine groups is 1. The highest BCUT2D eigenvalue weighted by molar-refractivity contribution is 14.0. The van der Waals surface area contributed by atoms with Gasteiger partial charge in [0.25, 0.3) is 0 Å². The Morgan fingerprint density at radius 2 is 1.78 bits per heavy atom. The van der Waals surface area contributed by atoms with Gasteiger partial charge in [0.1, 0.15) is 5.75 Å². The van der Waals surface area contributed by atoms with Crippen LogP contribution in [0, 0.1) is 0 Å². The van der Waals surface area contributed by atoms with Crippen LogP contribution in [0.15, 0.2) is 53.5 Å². The van der Waals surface area contributed by atoms with Gasteiger partial charge in [-0.2, -0.15) is 0 Å². The van der Waals surface area contributed by atoms with Gasteiger partial charge in [-0.3, -0.25) is 4.90 Å². The lowest BCUT2D eigenvalue weighted by atomic mass is 10.1. The molecule has 7 heteroatoms. The number of likely N-dealkylation sites (tertiary alicyclic amines) is 1. The molecule has 0 amide bonds. The average Bonchev–Trinajstić information content (AvgIpc) is 2.82. The molecule has 1 saturated heterocycles. The fourth-order valence-corrected chi connectivity index (χ4v) is 3.80. The van der Waals surface area contributed by atoms with Gasteiger partial charge in [-0.25, -0.2) is 4.99 Å². The maximum absolute atomic E-state index is 10.5. The van der Waals surface area contributed by atoms with Gasteiger partial charge in [-0.15, -0.1) is 24.0 Å². The third-order valence-electron chi connectivity index (χ3n) is 5.58. The molecule has 176 valence electrons. The van der Waals surface area contributed by atoms with Crippen LogP contribution in [0.3, 0.4) is 0 Å².